The second kappa shape index (κ2) is 7.04. The predicted octanol–water partition coefficient (Wildman–Crippen LogP) is 0.676. The number of hydrogen-bond acceptors (Lipinski definition) is 4. The van der Waals surface area contributed by atoms with Gasteiger partial charge in [0.15, 0.2) is 0 Å². The summed E-state index contributed by atoms with van der Waals surface area (Å²) in [5.74, 6) is 5.63. The van der Waals surface area contributed by atoms with Gasteiger partial charge in [0.25, 0.3) is 5.91 Å². The van der Waals surface area contributed by atoms with Crippen molar-refractivity contribution in [3.63, 3.8) is 0 Å². The van der Waals surface area contributed by atoms with Gasteiger partial charge in [-0.25, -0.2) is 4.98 Å². The number of carbonyl (C=O) groups is 1. The molecule has 1 atom stereocenters. The van der Waals surface area contributed by atoms with Crippen molar-refractivity contribution in [2.45, 2.75) is 18.9 Å². The molecule has 5 nitrogen and oxygen atoms in total. The fourth-order valence-corrected chi connectivity index (χ4v) is 2.08. The molecule has 1 aromatic rings. The average molecular weight is 274 g/mol. The molecule has 1 fully saturated rings. The summed E-state index contributed by atoms with van der Waals surface area (Å²) in [6, 6.07) is 3.46. The number of likely N-dealkylation sites (tertiary alicyclic amines) is 1. The minimum atomic E-state index is -0.0700. The molecular formula is C15H18N2O3. The number of carbonyl (C=O) groups excluding carboxylic acids is 1. The van der Waals surface area contributed by atoms with Crippen molar-refractivity contribution in [3.8, 4) is 11.8 Å². The van der Waals surface area contributed by atoms with Gasteiger partial charge in [-0.3, -0.25) is 4.79 Å². The quantitative estimate of drug-likeness (QED) is 0.823. The largest absolute Gasteiger partial charge is 0.395 e. The van der Waals surface area contributed by atoms with E-state index >= 15 is 0 Å². The molecule has 1 N–H and O–H groups in total. The zero-order valence-electron chi connectivity index (χ0n) is 11.5. The third kappa shape index (κ3) is 3.56. The topological polar surface area (TPSA) is 62.7 Å². The van der Waals surface area contributed by atoms with Crippen LogP contribution in [-0.2, 0) is 4.74 Å². The van der Waals surface area contributed by atoms with Gasteiger partial charge in [-0.15, -0.1) is 0 Å². The first-order chi connectivity index (χ1) is 9.74. The minimum Gasteiger partial charge on any atom is -0.395 e. The monoisotopic (exact) mass is 274 g/mol. The standard InChI is InChI=1S/C15H18N2O3/c1-20-13-7-8-17(11-13)15(19)14-6-5-12(10-16-14)4-2-3-9-18/h5-6,10,13,18H,3,7-9,11H2,1H3. The van der Waals surface area contributed by atoms with Gasteiger partial charge in [-0.1, -0.05) is 11.8 Å². The smallest absolute Gasteiger partial charge is 0.272 e. The van der Waals surface area contributed by atoms with Crippen LogP contribution in [0.15, 0.2) is 18.3 Å². The third-order valence-electron chi connectivity index (χ3n) is 3.22. The van der Waals surface area contributed by atoms with E-state index in [1.54, 1.807) is 30.3 Å². The van der Waals surface area contributed by atoms with E-state index < -0.39 is 0 Å². The second-order valence-corrected chi connectivity index (χ2v) is 4.61. The molecule has 2 rings (SSSR count). The number of aliphatic hydroxyl groups excluding tert-OH is 1. The summed E-state index contributed by atoms with van der Waals surface area (Å²) in [6.07, 6.45) is 3.02. The van der Waals surface area contributed by atoms with E-state index in [0.29, 0.717) is 25.2 Å². The predicted molar refractivity (Wildman–Crippen MR) is 74.1 cm³/mol. The first-order valence-corrected chi connectivity index (χ1v) is 6.62. The molecule has 1 amide bonds. The summed E-state index contributed by atoms with van der Waals surface area (Å²) >= 11 is 0. The molecule has 0 aromatic carbocycles. The Morgan fingerprint density at radius 3 is 3.05 bits per heavy atom. The zero-order chi connectivity index (χ0) is 14.4. The summed E-state index contributed by atoms with van der Waals surface area (Å²) in [6.45, 7) is 1.37. The number of methoxy groups -OCH3 is 1. The van der Waals surface area contributed by atoms with Crippen molar-refractivity contribution in [3.05, 3.63) is 29.6 Å². The van der Waals surface area contributed by atoms with Gasteiger partial charge in [0.1, 0.15) is 5.69 Å². The van der Waals surface area contributed by atoms with Gasteiger partial charge < -0.3 is 14.7 Å². The summed E-state index contributed by atoms with van der Waals surface area (Å²) in [5.41, 5.74) is 1.17. The maximum absolute atomic E-state index is 12.2. The van der Waals surface area contributed by atoms with Gasteiger partial charge in [-0.2, -0.15) is 0 Å². The molecular weight excluding hydrogens is 256 g/mol. The Hall–Kier alpha value is -1.90. The lowest BCUT2D eigenvalue weighted by Crippen LogP contribution is -2.30. The van der Waals surface area contributed by atoms with Crippen LogP contribution in [0.5, 0.6) is 0 Å². The Labute approximate surface area is 118 Å². The van der Waals surface area contributed by atoms with Gasteiger partial charge in [0, 0.05) is 38.4 Å². The van der Waals surface area contributed by atoms with Crippen LogP contribution < -0.4 is 0 Å². The molecule has 106 valence electrons. The van der Waals surface area contributed by atoms with Crippen molar-refractivity contribution in [2.75, 3.05) is 26.8 Å². The number of ether oxygens (including phenoxy) is 1. The van der Waals surface area contributed by atoms with Crippen molar-refractivity contribution in [2.24, 2.45) is 0 Å². The SMILES string of the molecule is COC1CCN(C(=O)c2ccc(C#CCCO)cn2)C1. The number of rotatable bonds is 3. The number of pyridine rings is 1. The number of amides is 1. The van der Waals surface area contributed by atoms with Gasteiger partial charge in [0.2, 0.25) is 0 Å². The van der Waals surface area contributed by atoms with Crippen LogP contribution in [0.1, 0.15) is 28.9 Å². The summed E-state index contributed by atoms with van der Waals surface area (Å²) < 4.78 is 5.25. The number of aliphatic hydroxyl groups is 1. The van der Waals surface area contributed by atoms with E-state index in [4.69, 9.17) is 9.84 Å². The molecule has 0 radical (unpaired) electrons. The summed E-state index contributed by atoms with van der Waals surface area (Å²) in [7, 11) is 1.66. The molecule has 0 bridgehead atoms. The fourth-order valence-electron chi connectivity index (χ4n) is 2.08. The molecule has 0 spiro atoms. The molecule has 20 heavy (non-hydrogen) atoms. The zero-order valence-corrected chi connectivity index (χ0v) is 11.5. The van der Waals surface area contributed by atoms with E-state index in [1.165, 1.54) is 0 Å². The second-order valence-electron chi connectivity index (χ2n) is 4.61. The molecule has 1 aliphatic rings. The Morgan fingerprint density at radius 2 is 2.45 bits per heavy atom. The Bertz CT molecular complexity index is 516. The number of hydrogen-bond donors (Lipinski definition) is 1. The highest BCUT2D eigenvalue weighted by atomic mass is 16.5. The van der Waals surface area contributed by atoms with Crippen molar-refractivity contribution >= 4 is 5.91 Å². The molecule has 1 aliphatic heterocycles. The highest BCUT2D eigenvalue weighted by Crippen LogP contribution is 2.14. The lowest BCUT2D eigenvalue weighted by molar-refractivity contribution is 0.0719. The van der Waals surface area contributed by atoms with E-state index in [2.05, 4.69) is 16.8 Å². The highest BCUT2D eigenvalue weighted by molar-refractivity contribution is 5.92. The first-order valence-electron chi connectivity index (χ1n) is 6.62. The Kier molecular flexibility index (Phi) is 5.10. The van der Waals surface area contributed by atoms with Crippen LogP contribution in [0.2, 0.25) is 0 Å². The normalized spacial score (nSPS) is 17.7. The van der Waals surface area contributed by atoms with Crippen LogP contribution in [-0.4, -0.2) is 53.8 Å². The van der Waals surface area contributed by atoms with Crippen LogP contribution >= 0.6 is 0 Å². The van der Waals surface area contributed by atoms with E-state index in [0.717, 1.165) is 12.0 Å². The highest BCUT2D eigenvalue weighted by Gasteiger charge is 2.27. The molecule has 1 aromatic heterocycles. The molecule has 0 aliphatic carbocycles. The summed E-state index contributed by atoms with van der Waals surface area (Å²) in [5, 5.41) is 8.65. The van der Waals surface area contributed by atoms with Gasteiger partial charge in [-0.05, 0) is 18.6 Å². The molecule has 5 heteroatoms. The van der Waals surface area contributed by atoms with E-state index in [-0.39, 0.29) is 18.6 Å². The lowest BCUT2D eigenvalue weighted by Gasteiger charge is -2.15. The van der Waals surface area contributed by atoms with Crippen LogP contribution in [0.4, 0.5) is 0 Å². The first kappa shape index (κ1) is 14.5. The third-order valence-corrected chi connectivity index (χ3v) is 3.22. The molecule has 1 unspecified atom stereocenters. The van der Waals surface area contributed by atoms with Crippen LogP contribution in [0.25, 0.3) is 0 Å². The lowest BCUT2D eigenvalue weighted by atomic mass is 10.2. The van der Waals surface area contributed by atoms with Crippen LogP contribution in [0, 0.1) is 11.8 Å². The average Bonchev–Trinajstić information content (AvgIpc) is 2.96. The molecule has 1 saturated heterocycles. The Balaban J connectivity index is 2.00. The van der Waals surface area contributed by atoms with Crippen molar-refractivity contribution < 1.29 is 14.6 Å². The number of nitrogens with zero attached hydrogens (tertiary/aromatic N) is 2. The summed E-state index contributed by atoms with van der Waals surface area (Å²) in [4.78, 5) is 18.1. The van der Waals surface area contributed by atoms with E-state index in [9.17, 15) is 4.79 Å². The van der Waals surface area contributed by atoms with Gasteiger partial charge in [0.05, 0.1) is 12.7 Å². The molecule has 2 heterocycles. The Morgan fingerprint density at radius 1 is 1.60 bits per heavy atom. The minimum absolute atomic E-state index is 0.0482. The van der Waals surface area contributed by atoms with Crippen LogP contribution in [0.3, 0.4) is 0 Å². The maximum atomic E-state index is 12.2. The number of aromatic nitrogens is 1. The van der Waals surface area contributed by atoms with Crippen molar-refractivity contribution in [1.82, 2.24) is 9.88 Å². The van der Waals surface area contributed by atoms with E-state index in [1.807, 2.05) is 0 Å². The molecule has 0 saturated carbocycles. The van der Waals surface area contributed by atoms with Crippen molar-refractivity contribution in [1.29, 1.82) is 0 Å². The van der Waals surface area contributed by atoms with Gasteiger partial charge >= 0.3 is 0 Å². The fraction of sp³-hybridized carbons (Fsp3) is 0.467. The maximum Gasteiger partial charge on any atom is 0.272 e.